The van der Waals surface area contributed by atoms with Crippen molar-refractivity contribution in [1.82, 2.24) is 10.6 Å². The maximum absolute atomic E-state index is 12.4. The van der Waals surface area contributed by atoms with E-state index in [2.05, 4.69) is 24.5 Å². The van der Waals surface area contributed by atoms with Gasteiger partial charge < -0.3 is 25.8 Å². The largest absolute Gasteiger partial charge is 0.378 e. The third kappa shape index (κ3) is 16.7. The SMILES string of the molecule is CCCCCCC(=O)NC(CCCCC)C(=O)NCCOCCOCCN. The van der Waals surface area contributed by atoms with Crippen molar-refractivity contribution >= 4 is 11.8 Å². The summed E-state index contributed by atoms with van der Waals surface area (Å²) in [7, 11) is 0. The number of carbonyl (C=O) groups excluding carboxylic acids is 2. The smallest absolute Gasteiger partial charge is 0.242 e. The summed E-state index contributed by atoms with van der Waals surface area (Å²) < 4.78 is 10.6. The van der Waals surface area contributed by atoms with E-state index >= 15 is 0 Å². The summed E-state index contributed by atoms with van der Waals surface area (Å²) >= 11 is 0. The molecule has 0 heterocycles. The molecule has 7 nitrogen and oxygen atoms in total. The van der Waals surface area contributed by atoms with Gasteiger partial charge in [0, 0.05) is 19.5 Å². The molecule has 0 spiro atoms. The quantitative estimate of drug-likeness (QED) is 0.295. The van der Waals surface area contributed by atoms with Crippen LogP contribution < -0.4 is 16.4 Å². The van der Waals surface area contributed by atoms with Crippen molar-refractivity contribution in [1.29, 1.82) is 0 Å². The van der Waals surface area contributed by atoms with Crippen LogP contribution in [0.25, 0.3) is 0 Å². The van der Waals surface area contributed by atoms with Crippen LogP contribution in [-0.2, 0) is 19.1 Å². The number of amides is 2. The summed E-state index contributed by atoms with van der Waals surface area (Å²) in [6.07, 6.45) is 8.46. The highest BCUT2D eigenvalue weighted by Crippen LogP contribution is 2.06. The first kappa shape index (κ1) is 25.8. The number of ether oxygens (including phenoxy) is 2. The van der Waals surface area contributed by atoms with E-state index in [9.17, 15) is 9.59 Å². The Bertz CT molecular complexity index is 367. The first-order valence-electron chi connectivity index (χ1n) is 10.6. The lowest BCUT2D eigenvalue weighted by Crippen LogP contribution is -2.47. The molecule has 0 aromatic rings. The predicted octanol–water partition coefficient (Wildman–Crippen LogP) is 2.13. The van der Waals surface area contributed by atoms with Crippen LogP contribution >= 0.6 is 0 Å². The molecular formula is C20H41N3O4. The molecule has 0 aliphatic heterocycles. The van der Waals surface area contributed by atoms with Crippen molar-refractivity contribution in [3.63, 3.8) is 0 Å². The van der Waals surface area contributed by atoms with Crippen LogP contribution in [0, 0.1) is 0 Å². The molecular weight excluding hydrogens is 346 g/mol. The van der Waals surface area contributed by atoms with Crippen molar-refractivity contribution in [3.8, 4) is 0 Å². The van der Waals surface area contributed by atoms with Gasteiger partial charge in [-0.3, -0.25) is 9.59 Å². The van der Waals surface area contributed by atoms with Crippen LogP contribution in [0.15, 0.2) is 0 Å². The Labute approximate surface area is 165 Å². The van der Waals surface area contributed by atoms with Crippen molar-refractivity contribution in [3.05, 3.63) is 0 Å². The Morgan fingerprint density at radius 3 is 2.22 bits per heavy atom. The van der Waals surface area contributed by atoms with Gasteiger partial charge in [0.25, 0.3) is 0 Å². The number of hydrogen-bond donors (Lipinski definition) is 3. The molecule has 0 saturated carbocycles. The van der Waals surface area contributed by atoms with E-state index in [1.165, 1.54) is 0 Å². The lowest BCUT2D eigenvalue weighted by atomic mass is 10.1. The molecule has 1 unspecified atom stereocenters. The summed E-state index contributed by atoms with van der Waals surface area (Å²) in [5.74, 6) is -0.160. The molecule has 160 valence electrons. The number of nitrogens with two attached hydrogens (primary N) is 1. The Balaban J connectivity index is 4.08. The molecule has 0 fully saturated rings. The molecule has 0 rings (SSSR count). The molecule has 0 bridgehead atoms. The highest BCUT2D eigenvalue weighted by molar-refractivity contribution is 5.87. The average Bonchev–Trinajstić information content (AvgIpc) is 2.66. The zero-order valence-electron chi connectivity index (χ0n) is 17.4. The van der Waals surface area contributed by atoms with Gasteiger partial charge in [-0.25, -0.2) is 0 Å². The van der Waals surface area contributed by atoms with E-state index in [-0.39, 0.29) is 11.8 Å². The van der Waals surface area contributed by atoms with E-state index in [1.54, 1.807) is 0 Å². The highest BCUT2D eigenvalue weighted by Gasteiger charge is 2.19. The standard InChI is InChI=1S/C20H41N3O4/c1-3-5-7-9-11-19(24)23-18(10-8-6-4-2)20(25)22-13-15-27-17-16-26-14-12-21/h18H,3-17,21H2,1-2H3,(H,22,25)(H,23,24). The van der Waals surface area contributed by atoms with Crippen LogP contribution in [0.2, 0.25) is 0 Å². The van der Waals surface area contributed by atoms with Gasteiger partial charge in [0.15, 0.2) is 0 Å². The maximum Gasteiger partial charge on any atom is 0.242 e. The minimum Gasteiger partial charge on any atom is -0.378 e. The summed E-state index contributed by atoms with van der Waals surface area (Å²) in [6, 6.07) is -0.455. The topological polar surface area (TPSA) is 103 Å². The number of unbranched alkanes of at least 4 members (excludes halogenated alkanes) is 5. The normalized spacial score (nSPS) is 12.0. The van der Waals surface area contributed by atoms with Crippen LogP contribution in [-0.4, -0.2) is 57.4 Å². The summed E-state index contributed by atoms with van der Waals surface area (Å²) in [5, 5.41) is 5.76. The zero-order chi connectivity index (χ0) is 20.2. The van der Waals surface area contributed by atoms with Crippen molar-refractivity contribution in [2.24, 2.45) is 5.73 Å². The summed E-state index contributed by atoms with van der Waals surface area (Å²) in [4.78, 5) is 24.5. The van der Waals surface area contributed by atoms with Gasteiger partial charge in [0.2, 0.25) is 11.8 Å². The fraction of sp³-hybridized carbons (Fsp3) is 0.900. The van der Waals surface area contributed by atoms with Crippen molar-refractivity contribution in [2.75, 3.05) is 39.5 Å². The predicted molar refractivity (Wildman–Crippen MR) is 109 cm³/mol. The molecule has 0 aliphatic rings. The van der Waals surface area contributed by atoms with Crippen LogP contribution in [0.4, 0.5) is 0 Å². The van der Waals surface area contributed by atoms with Gasteiger partial charge in [-0.05, 0) is 12.8 Å². The first-order valence-corrected chi connectivity index (χ1v) is 10.6. The molecule has 0 aromatic carbocycles. The molecule has 4 N–H and O–H groups in total. The second kappa shape index (κ2) is 19.6. The Morgan fingerprint density at radius 2 is 1.56 bits per heavy atom. The minimum absolute atomic E-state index is 0.0314. The molecule has 0 radical (unpaired) electrons. The third-order valence-corrected chi connectivity index (χ3v) is 4.19. The van der Waals surface area contributed by atoms with Crippen LogP contribution in [0.3, 0.4) is 0 Å². The van der Waals surface area contributed by atoms with Crippen LogP contribution in [0.5, 0.6) is 0 Å². The number of nitrogens with one attached hydrogen (secondary N) is 2. The molecule has 27 heavy (non-hydrogen) atoms. The number of rotatable bonds is 19. The van der Waals surface area contributed by atoms with Crippen molar-refractivity contribution < 1.29 is 19.1 Å². The number of hydrogen-bond acceptors (Lipinski definition) is 5. The summed E-state index contributed by atoms with van der Waals surface area (Å²) in [6.45, 7) is 7.11. The summed E-state index contributed by atoms with van der Waals surface area (Å²) in [5.41, 5.74) is 5.33. The average molecular weight is 388 g/mol. The van der Waals surface area contributed by atoms with Gasteiger partial charge in [0.1, 0.15) is 6.04 Å². The Hall–Kier alpha value is -1.18. The van der Waals surface area contributed by atoms with E-state index in [4.69, 9.17) is 15.2 Å². The maximum atomic E-state index is 12.4. The molecule has 7 heteroatoms. The molecule has 0 aromatic heterocycles. The van der Waals surface area contributed by atoms with E-state index < -0.39 is 6.04 Å². The lowest BCUT2D eigenvalue weighted by molar-refractivity contribution is -0.129. The molecule has 0 saturated heterocycles. The number of carbonyl (C=O) groups is 2. The fourth-order valence-electron chi connectivity index (χ4n) is 2.62. The van der Waals surface area contributed by atoms with Gasteiger partial charge in [-0.1, -0.05) is 52.4 Å². The highest BCUT2D eigenvalue weighted by atomic mass is 16.5. The third-order valence-electron chi connectivity index (χ3n) is 4.19. The second-order valence-corrected chi connectivity index (χ2v) is 6.73. The van der Waals surface area contributed by atoms with Gasteiger partial charge >= 0.3 is 0 Å². The van der Waals surface area contributed by atoms with Crippen molar-refractivity contribution in [2.45, 2.75) is 77.7 Å². The minimum atomic E-state index is -0.455. The lowest BCUT2D eigenvalue weighted by Gasteiger charge is -2.18. The van der Waals surface area contributed by atoms with Gasteiger partial charge in [-0.2, -0.15) is 0 Å². The molecule has 1 atom stereocenters. The molecule has 2 amide bonds. The monoisotopic (exact) mass is 387 g/mol. The fourth-order valence-corrected chi connectivity index (χ4v) is 2.62. The molecule has 0 aliphatic carbocycles. The Kier molecular flexibility index (Phi) is 18.7. The zero-order valence-corrected chi connectivity index (χ0v) is 17.4. The van der Waals surface area contributed by atoms with Gasteiger partial charge in [-0.15, -0.1) is 0 Å². The Morgan fingerprint density at radius 1 is 0.889 bits per heavy atom. The van der Waals surface area contributed by atoms with E-state index in [0.29, 0.717) is 52.4 Å². The van der Waals surface area contributed by atoms with Gasteiger partial charge in [0.05, 0.1) is 26.4 Å². The van der Waals surface area contributed by atoms with Crippen LogP contribution in [0.1, 0.15) is 71.6 Å². The second-order valence-electron chi connectivity index (χ2n) is 6.73. The first-order chi connectivity index (χ1) is 13.2. The van der Waals surface area contributed by atoms with E-state index in [0.717, 1.165) is 44.9 Å². The van der Waals surface area contributed by atoms with E-state index in [1.807, 2.05) is 0 Å².